The average Bonchev–Trinajstić information content (AvgIpc) is 3.13. The van der Waals surface area contributed by atoms with Gasteiger partial charge in [-0.15, -0.1) is 0 Å². The number of hydrogen-bond donors (Lipinski definition) is 3. The van der Waals surface area contributed by atoms with Gasteiger partial charge in [0.2, 0.25) is 5.91 Å². The molecule has 5 heteroatoms. The molecular formula is C21H30N2O3. The number of carbonyl (C=O) groups is 2. The van der Waals surface area contributed by atoms with Crippen molar-refractivity contribution in [3.05, 3.63) is 47.5 Å². The summed E-state index contributed by atoms with van der Waals surface area (Å²) in [4.78, 5) is 21.3. The van der Waals surface area contributed by atoms with Crippen LogP contribution in [0.4, 0.5) is 0 Å². The molecule has 0 radical (unpaired) electrons. The Morgan fingerprint density at radius 3 is 2.58 bits per heavy atom. The standard InChI is InChI=1S/C19H26N2O.C2H4O2/c22-19(20-14-13-15-7-3-1-4-8-15)18-12-11-17(21-18)16-9-5-2-6-10-16;1-2(3)4/h2,5-7,9-10,17-18,21H,1,3-4,8,11-14H2,(H,20,22);1H3,(H,3,4)/t17-,18-;/m1./s1. The van der Waals surface area contributed by atoms with Gasteiger partial charge in [0.05, 0.1) is 6.04 Å². The third-order valence-electron chi connectivity index (χ3n) is 4.80. The molecule has 3 N–H and O–H groups in total. The van der Waals surface area contributed by atoms with Crippen molar-refractivity contribution in [2.45, 2.75) is 64.0 Å². The van der Waals surface area contributed by atoms with Crippen molar-refractivity contribution in [1.29, 1.82) is 0 Å². The van der Waals surface area contributed by atoms with Crippen LogP contribution in [0.15, 0.2) is 42.0 Å². The number of nitrogens with one attached hydrogen (secondary N) is 2. The number of carbonyl (C=O) groups excluding carboxylic acids is 1. The van der Waals surface area contributed by atoms with Gasteiger partial charge >= 0.3 is 0 Å². The lowest BCUT2D eigenvalue weighted by Gasteiger charge is -2.16. The highest BCUT2D eigenvalue weighted by Gasteiger charge is 2.29. The number of rotatable bonds is 5. The summed E-state index contributed by atoms with van der Waals surface area (Å²) in [5.41, 5.74) is 2.80. The minimum atomic E-state index is -0.833. The molecule has 0 saturated carbocycles. The number of benzene rings is 1. The second kappa shape index (κ2) is 10.8. The monoisotopic (exact) mass is 358 g/mol. The maximum atomic E-state index is 12.3. The van der Waals surface area contributed by atoms with Crippen molar-refractivity contribution in [2.24, 2.45) is 0 Å². The van der Waals surface area contributed by atoms with Gasteiger partial charge in [0.25, 0.3) is 5.97 Å². The van der Waals surface area contributed by atoms with Gasteiger partial charge in [0.15, 0.2) is 0 Å². The number of aliphatic carboxylic acids is 1. The summed E-state index contributed by atoms with van der Waals surface area (Å²) in [6.07, 6.45) is 10.4. The smallest absolute Gasteiger partial charge is 0.300 e. The predicted octanol–water partition coefficient (Wildman–Crippen LogP) is 3.58. The first-order valence-electron chi connectivity index (χ1n) is 9.52. The average molecular weight is 358 g/mol. The Labute approximate surface area is 155 Å². The summed E-state index contributed by atoms with van der Waals surface area (Å²) in [7, 11) is 0. The first-order chi connectivity index (χ1) is 12.6. The Morgan fingerprint density at radius 2 is 1.92 bits per heavy atom. The van der Waals surface area contributed by atoms with E-state index in [1.807, 2.05) is 6.07 Å². The lowest BCUT2D eigenvalue weighted by Crippen LogP contribution is -2.41. The highest BCUT2D eigenvalue weighted by molar-refractivity contribution is 5.82. The molecule has 0 bridgehead atoms. The van der Waals surface area contributed by atoms with Gasteiger partial charge in [0.1, 0.15) is 0 Å². The molecule has 0 spiro atoms. The quantitative estimate of drug-likeness (QED) is 0.703. The van der Waals surface area contributed by atoms with Crippen molar-refractivity contribution in [2.75, 3.05) is 6.54 Å². The molecule has 1 aromatic carbocycles. The fraction of sp³-hybridized carbons (Fsp3) is 0.524. The normalized spacial score (nSPS) is 22.0. The van der Waals surface area contributed by atoms with E-state index in [1.165, 1.54) is 36.8 Å². The first-order valence-corrected chi connectivity index (χ1v) is 9.52. The summed E-state index contributed by atoms with van der Waals surface area (Å²) in [5, 5.41) is 14.0. The molecule has 5 nitrogen and oxygen atoms in total. The predicted molar refractivity (Wildman–Crippen MR) is 103 cm³/mol. The van der Waals surface area contributed by atoms with Crippen molar-refractivity contribution < 1.29 is 14.7 Å². The van der Waals surface area contributed by atoms with E-state index in [-0.39, 0.29) is 11.9 Å². The molecule has 1 fully saturated rings. The fourth-order valence-corrected chi connectivity index (χ4v) is 3.50. The van der Waals surface area contributed by atoms with E-state index in [2.05, 4.69) is 41.0 Å². The van der Waals surface area contributed by atoms with E-state index in [4.69, 9.17) is 9.90 Å². The van der Waals surface area contributed by atoms with Gasteiger partial charge in [-0.1, -0.05) is 42.0 Å². The molecule has 1 saturated heterocycles. The zero-order chi connectivity index (χ0) is 18.8. The van der Waals surface area contributed by atoms with Gasteiger partial charge < -0.3 is 10.4 Å². The maximum Gasteiger partial charge on any atom is 0.300 e. The lowest BCUT2D eigenvalue weighted by atomic mass is 9.97. The third kappa shape index (κ3) is 7.00. The Bertz CT molecular complexity index is 609. The second-order valence-corrected chi connectivity index (χ2v) is 6.93. The Hall–Kier alpha value is -2.14. The number of allylic oxidation sites excluding steroid dienone is 1. The molecule has 142 valence electrons. The van der Waals surface area contributed by atoms with Gasteiger partial charge in [-0.25, -0.2) is 0 Å². The Morgan fingerprint density at radius 1 is 1.19 bits per heavy atom. The zero-order valence-electron chi connectivity index (χ0n) is 15.5. The van der Waals surface area contributed by atoms with E-state index in [9.17, 15) is 4.79 Å². The van der Waals surface area contributed by atoms with Crippen LogP contribution < -0.4 is 10.6 Å². The second-order valence-electron chi connectivity index (χ2n) is 6.93. The summed E-state index contributed by atoms with van der Waals surface area (Å²) in [6, 6.07) is 10.7. The van der Waals surface area contributed by atoms with E-state index >= 15 is 0 Å². The molecule has 1 aromatic rings. The Balaban J connectivity index is 0.000000552. The van der Waals surface area contributed by atoms with Crippen LogP contribution in [0.25, 0.3) is 0 Å². The zero-order valence-corrected chi connectivity index (χ0v) is 15.5. The highest BCUT2D eigenvalue weighted by Crippen LogP contribution is 2.26. The largest absolute Gasteiger partial charge is 0.481 e. The van der Waals surface area contributed by atoms with Crippen molar-refractivity contribution in [3.63, 3.8) is 0 Å². The van der Waals surface area contributed by atoms with E-state index in [0.29, 0.717) is 6.04 Å². The number of amides is 1. The highest BCUT2D eigenvalue weighted by atomic mass is 16.4. The van der Waals surface area contributed by atoms with Gasteiger partial charge in [-0.2, -0.15) is 0 Å². The minimum Gasteiger partial charge on any atom is -0.481 e. The minimum absolute atomic E-state index is 0.0365. The summed E-state index contributed by atoms with van der Waals surface area (Å²) < 4.78 is 0. The molecule has 0 aromatic heterocycles. The van der Waals surface area contributed by atoms with E-state index < -0.39 is 5.97 Å². The lowest BCUT2D eigenvalue weighted by molar-refractivity contribution is -0.134. The maximum absolute atomic E-state index is 12.3. The third-order valence-corrected chi connectivity index (χ3v) is 4.80. The molecule has 1 aliphatic carbocycles. The molecule has 2 aliphatic rings. The fourth-order valence-electron chi connectivity index (χ4n) is 3.50. The van der Waals surface area contributed by atoms with E-state index in [0.717, 1.165) is 32.7 Å². The number of carboxylic acids is 1. The van der Waals surface area contributed by atoms with E-state index in [1.54, 1.807) is 0 Å². The van der Waals surface area contributed by atoms with Crippen LogP contribution in [0.3, 0.4) is 0 Å². The molecule has 1 amide bonds. The van der Waals surface area contributed by atoms with Crippen molar-refractivity contribution in [1.82, 2.24) is 10.6 Å². The van der Waals surface area contributed by atoms with Gasteiger partial charge in [-0.3, -0.25) is 14.9 Å². The SMILES string of the molecule is CC(=O)O.O=C(NCCC1=CCCCC1)[C@H]1CC[C@H](c2ccccc2)N1. The van der Waals surface area contributed by atoms with Crippen molar-refractivity contribution in [3.8, 4) is 0 Å². The molecule has 0 unspecified atom stereocenters. The van der Waals surface area contributed by atoms with Crippen LogP contribution in [-0.4, -0.2) is 29.6 Å². The molecular weight excluding hydrogens is 328 g/mol. The summed E-state index contributed by atoms with van der Waals surface area (Å²) >= 11 is 0. The van der Waals surface area contributed by atoms with Crippen LogP contribution in [0, 0.1) is 0 Å². The molecule has 1 heterocycles. The number of hydrogen-bond acceptors (Lipinski definition) is 3. The Kier molecular flexibility index (Phi) is 8.35. The van der Waals surface area contributed by atoms with Crippen LogP contribution in [0.2, 0.25) is 0 Å². The first kappa shape index (κ1) is 20.2. The molecule has 2 atom stereocenters. The molecule has 1 aliphatic heterocycles. The van der Waals surface area contributed by atoms with Crippen LogP contribution >= 0.6 is 0 Å². The summed E-state index contributed by atoms with van der Waals surface area (Å²) in [5.74, 6) is -0.671. The van der Waals surface area contributed by atoms with Crippen LogP contribution in [0.5, 0.6) is 0 Å². The van der Waals surface area contributed by atoms with Crippen LogP contribution in [-0.2, 0) is 9.59 Å². The topological polar surface area (TPSA) is 78.4 Å². The molecule has 26 heavy (non-hydrogen) atoms. The van der Waals surface area contributed by atoms with Gasteiger partial charge in [-0.05, 0) is 50.5 Å². The van der Waals surface area contributed by atoms with Gasteiger partial charge in [0, 0.05) is 19.5 Å². The van der Waals surface area contributed by atoms with Crippen molar-refractivity contribution >= 4 is 11.9 Å². The summed E-state index contributed by atoms with van der Waals surface area (Å²) in [6.45, 7) is 1.86. The van der Waals surface area contributed by atoms with Crippen LogP contribution in [0.1, 0.15) is 63.5 Å². The molecule has 3 rings (SSSR count). The number of carboxylic acid groups (broad SMARTS) is 1.